The predicted octanol–water partition coefficient (Wildman–Crippen LogP) is 2.32. The molecule has 1 aromatic carbocycles. The predicted molar refractivity (Wildman–Crippen MR) is 62.5 cm³/mol. The van der Waals surface area contributed by atoms with Crippen molar-refractivity contribution in [3.63, 3.8) is 0 Å². The first-order valence-corrected chi connectivity index (χ1v) is 5.69. The van der Waals surface area contributed by atoms with E-state index in [0.29, 0.717) is 31.0 Å². The standard InChI is InChI=1S/C13H13FN2O2/c1-9(17)2-7-13-15-12(16-18-13)8-10-3-5-11(14)6-4-10/h3-6H,2,7-8H2,1H3. The number of Topliss-reactive ketones (excluding diaryl/α,β-unsaturated/α-hetero) is 1. The van der Waals surface area contributed by atoms with Gasteiger partial charge in [-0.25, -0.2) is 4.39 Å². The maximum absolute atomic E-state index is 12.7. The Kier molecular flexibility index (Phi) is 3.82. The van der Waals surface area contributed by atoms with E-state index in [1.54, 1.807) is 12.1 Å². The molecule has 0 aliphatic carbocycles. The fourth-order valence-corrected chi connectivity index (χ4v) is 1.53. The smallest absolute Gasteiger partial charge is 0.227 e. The van der Waals surface area contributed by atoms with Gasteiger partial charge in [0.1, 0.15) is 11.6 Å². The Bertz CT molecular complexity index is 534. The van der Waals surface area contributed by atoms with Gasteiger partial charge in [-0.2, -0.15) is 4.98 Å². The van der Waals surface area contributed by atoms with Crippen LogP contribution in [0.1, 0.15) is 30.6 Å². The third-order valence-corrected chi connectivity index (χ3v) is 2.48. The van der Waals surface area contributed by atoms with Crippen LogP contribution in [0.4, 0.5) is 4.39 Å². The van der Waals surface area contributed by atoms with Crippen LogP contribution < -0.4 is 0 Å². The van der Waals surface area contributed by atoms with E-state index in [0.717, 1.165) is 5.56 Å². The first-order chi connectivity index (χ1) is 8.63. The van der Waals surface area contributed by atoms with E-state index in [1.807, 2.05) is 0 Å². The number of hydrogen-bond donors (Lipinski definition) is 0. The van der Waals surface area contributed by atoms with Crippen LogP contribution in [-0.2, 0) is 17.6 Å². The Labute approximate surface area is 104 Å². The lowest BCUT2D eigenvalue weighted by atomic mass is 10.1. The highest BCUT2D eigenvalue weighted by atomic mass is 19.1. The number of ketones is 1. The molecule has 0 unspecified atom stereocenters. The van der Waals surface area contributed by atoms with Crippen molar-refractivity contribution < 1.29 is 13.7 Å². The van der Waals surface area contributed by atoms with Crippen LogP contribution in [0.3, 0.4) is 0 Å². The molecule has 0 saturated carbocycles. The zero-order chi connectivity index (χ0) is 13.0. The van der Waals surface area contributed by atoms with Gasteiger partial charge in [-0.15, -0.1) is 0 Å². The summed E-state index contributed by atoms with van der Waals surface area (Å²) in [4.78, 5) is 15.0. The molecule has 0 atom stereocenters. The van der Waals surface area contributed by atoms with Crippen molar-refractivity contribution in [1.29, 1.82) is 0 Å². The van der Waals surface area contributed by atoms with Gasteiger partial charge in [-0.05, 0) is 24.6 Å². The number of carbonyl (C=O) groups is 1. The Balaban J connectivity index is 1.97. The highest BCUT2D eigenvalue weighted by Crippen LogP contribution is 2.09. The lowest BCUT2D eigenvalue weighted by Crippen LogP contribution is -1.95. The summed E-state index contributed by atoms with van der Waals surface area (Å²) in [5, 5.41) is 3.82. The van der Waals surface area contributed by atoms with Crippen LogP contribution in [-0.4, -0.2) is 15.9 Å². The van der Waals surface area contributed by atoms with E-state index in [2.05, 4.69) is 10.1 Å². The zero-order valence-electron chi connectivity index (χ0n) is 10.0. The van der Waals surface area contributed by atoms with Gasteiger partial charge < -0.3 is 9.32 Å². The van der Waals surface area contributed by atoms with Crippen molar-refractivity contribution >= 4 is 5.78 Å². The summed E-state index contributed by atoms with van der Waals surface area (Å²) in [6, 6.07) is 6.15. The first-order valence-electron chi connectivity index (χ1n) is 5.69. The molecule has 0 amide bonds. The van der Waals surface area contributed by atoms with Gasteiger partial charge in [0.25, 0.3) is 0 Å². The van der Waals surface area contributed by atoms with Crippen molar-refractivity contribution in [1.82, 2.24) is 10.1 Å². The van der Waals surface area contributed by atoms with E-state index in [9.17, 15) is 9.18 Å². The first kappa shape index (κ1) is 12.4. The van der Waals surface area contributed by atoms with Gasteiger partial charge in [0.05, 0.1) is 0 Å². The molecule has 0 aliphatic rings. The fraction of sp³-hybridized carbons (Fsp3) is 0.308. The van der Waals surface area contributed by atoms with Gasteiger partial charge in [0.15, 0.2) is 5.82 Å². The van der Waals surface area contributed by atoms with E-state index >= 15 is 0 Å². The molecule has 0 fully saturated rings. The van der Waals surface area contributed by atoms with Gasteiger partial charge in [0, 0.05) is 19.3 Å². The lowest BCUT2D eigenvalue weighted by molar-refractivity contribution is -0.117. The molecular weight excluding hydrogens is 235 g/mol. The van der Waals surface area contributed by atoms with Crippen molar-refractivity contribution in [2.75, 3.05) is 0 Å². The van der Waals surface area contributed by atoms with Crippen LogP contribution in [0.2, 0.25) is 0 Å². The van der Waals surface area contributed by atoms with Crippen LogP contribution >= 0.6 is 0 Å². The summed E-state index contributed by atoms with van der Waals surface area (Å²) < 4.78 is 17.7. The average molecular weight is 248 g/mol. The molecule has 94 valence electrons. The zero-order valence-corrected chi connectivity index (χ0v) is 10.0. The summed E-state index contributed by atoms with van der Waals surface area (Å²) in [6.45, 7) is 1.52. The van der Waals surface area contributed by atoms with Crippen molar-refractivity contribution in [2.24, 2.45) is 0 Å². The molecule has 18 heavy (non-hydrogen) atoms. The molecule has 1 heterocycles. The fourth-order valence-electron chi connectivity index (χ4n) is 1.53. The summed E-state index contributed by atoms with van der Waals surface area (Å²) >= 11 is 0. The number of halogens is 1. The molecule has 0 saturated heterocycles. The SMILES string of the molecule is CC(=O)CCc1nc(Cc2ccc(F)cc2)no1. The number of aromatic nitrogens is 2. The summed E-state index contributed by atoms with van der Waals surface area (Å²) in [5.41, 5.74) is 0.912. The molecule has 0 bridgehead atoms. The third-order valence-electron chi connectivity index (χ3n) is 2.48. The molecule has 0 radical (unpaired) electrons. The summed E-state index contributed by atoms with van der Waals surface area (Å²) in [5.74, 6) is 0.824. The highest BCUT2D eigenvalue weighted by Gasteiger charge is 2.08. The van der Waals surface area contributed by atoms with Crippen LogP contribution in [0.15, 0.2) is 28.8 Å². The lowest BCUT2D eigenvalue weighted by Gasteiger charge is -1.95. The number of aryl methyl sites for hydroxylation is 1. The van der Waals surface area contributed by atoms with Crippen molar-refractivity contribution in [2.45, 2.75) is 26.2 Å². The van der Waals surface area contributed by atoms with Crippen LogP contribution in [0, 0.1) is 5.82 Å². The highest BCUT2D eigenvalue weighted by molar-refractivity contribution is 5.75. The van der Waals surface area contributed by atoms with Crippen LogP contribution in [0.25, 0.3) is 0 Å². The Morgan fingerprint density at radius 1 is 1.33 bits per heavy atom. The van der Waals surface area contributed by atoms with Gasteiger partial charge in [-0.1, -0.05) is 17.3 Å². The number of carbonyl (C=O) groups excluding carboxylic acids is 1. The summed E-state index contributed by atoms with van der Waals surface area (Å²) in [6.07, 6.45) is 1.35. The topological polar surface area (TPSA) is 56.0 Å². The van der Waals surface area contributed by atoms with E-state index in [4.69, 9.17) is 4.52 Å². The molecule has 4 nitrogen and oxygen atoms in total. The van der Waals surface area contributed by atoms with E-state index < -0.39 is 0 Å². The van der Waals surface area contributed by atoms with E-state index in [1.165, 1.54) is 19.1 Å². The van der Waals surface area contributed by atoms with Crippen molar-refractivity contribution in [3.05, 3.63) is 47.4 Å². The average Bonchev–Trinajstić information content (AvgIpc) is 2.77. The van der Waals surface area contributed by atoms with Crippen LogP contribution in [0.5, 0.6) is 0 Å². The molecule has 0 N–H and O–H groups in total. The maximum Gasteiger partial charge on any atom is 0.227 e. The molecule has 5 heteroatoms. The molecule has 2 aromatic rings. The number of benzene rings is 1. The second kappa shape index (κ2) is 5.53. The minimum atomic E-state index is -0.269. The minimum Gasteiger partial charge on any atom is -0.339 e. The second-order valence-corrected chi connectivity index (χ2v) is 4.11. The van der Waals surface area contributed by atoms with Gasteiger partial charge >= 0.3 is 0 Å². The van der Waals surface area contributed by atoms with Gasteiger partial charge in [0.2, 0.25) is 5.89 Å². The third kappa shape index (κ3) is 3.48. The van der Waals surface area contributed by atoms with Crippen molar-refractivity contribution in [3.8, 4) is 0 Å². The number of hydrogen-bond acceptors (Lipinski definition) is 4. The van der Waals surface area contributed by atoms with Gasteiger partial charge in [-0.3, -0.25) is 0 Å². The monoisotopic (exact) mass is 248 g/mol. The largest absolute Gasteiger partial charge is 0.339 e. The summed E-state index contributed by atoms with van der Waals surface area (Å²) in [7, 11) is 0. The Hall–Kier alpha value is -2.04. The second-order valence-electron chi connectivity index (χ2n) is 4.11. The number of nitrogens with zero attached hydrogens (tertiary/aromatic N) is 2. The molecule has 2 rings (SSSR count). The van der Waals surface area contributed by atoms with E-state index in [-0.39, 0.29) is 11.6 Å². The maximum atomic E-state index is 12.7. The molecule has 0 aliphatic heterocycles. The quantitative estimate of drug-likeness (QED) is 0.814. The number of rotatable bonds is 5. The Morgan fingerprint density at radius 3 is 2.72 bits per heavy atom. The molecular formula is C13H13FN2O2. The minimum absolute atomic E-state index is 0.0910. The normalized spacial score (nSPS) is 10.6. The Morgan fingerprint density at radius 2 is 2.06 bits per heavy atom. The molecule has 1 aromatic heterocycles. The molecule has 0 spiro atoms.